The van der Waals surface area contributed by atoms with Crippen molar-refractivity contribution in [3.05, 3.63) is 48.5 Å². The first-order valence-electron chi connectivity index (χ1n) is 5.91. The molecule has 1 heterocycles. The lowest BCUT2D eigenvalue weighted by Crippen LogP contribution is -2.28. The summed E-state index contributed by atoms with van der Waals surface area (Å²) in [6, 6.07) is 16.3. The quantitative estimate of drug-likeness (QED) is 0.684. The first kappa shape index (κ1) is 10.8. The zero-order valence-corrected chi connectivity index (χ0v) is 10.5. The largest absolute Gasteiger partial charge is 0.497 e. The van der Waals surface area contributed by atoms with Gasteiger partial charge in [0.25, 0.3) is 5.82 Å². The molecule has 0 amide bonds. The van der Waals surface area contributed by atoms with E-state index in [0.29, 0.717) is 0 Å². The highest BCUT2D eigenvalue weighted by Crippen LogP contribution is 2.20. The van der Waals surface area contributed by atoms with Crippen LogP contribution in [0, 0.1) is 0 Å². The van der Waals surface area contributed by atoms with Crippen molar-refractivity contribution in [1.29, 1.82) is 0 Å². The Labute approximate surface area is 106 Å². The fourth-order valence-electron chi connectivity index (χ4n) is 2.22. The molecule has 0 atom stereocenters. The van der Waals surface area contributed by atoms with E-state index in [1.165, 1.54) is 5.52 Å². The van der Waals surface area contributed by atoms with Crippen molar-refractivity contribution in [2.75, 3.05) is 7.11 Å². The lowest BCUT2D eigenvalue weighted by Gasteiger charge is -1.99. The molecule has 0 fully saturated rings. The lowest BCUT2D eigenvalue weighted by molar-refractivity contribution is -0.633. The van der Waals surface area contributed by atoms with Crippen LogP contribution in [0.2, 0.25) is 0 Å². The zero-order valence-electron chi connectivity index (χ0n) is 10.5. The predicted octanol–water partition coefficient (Wildman–Crippen LogP) is 2.67. The average Bonchev–Trinajstić information content (AvgIpc) is 2.77. The molecule has 0 aliphatic rings. The highest BCUT2D eigenvalue weighted by atomic mass is 16.5. The van der Waals surface area contributed by atoms with Crippen molar-refractivity contribution in [1.82, 2.24) is 4.98 Å². The van der Waals surface area contributed by atoms with E-state index >= 15 is 0 Å². The number of aromatic nitrogens is 2. The molecule has 0 unspecified atom stereocenters. The molecule has 1 N–H and O–H groups in total. The molecule has 0 spiro atoms. The number of nitrogens with one attached hydrogen (secondary N) is 1. The van der Waals surface area contributed by atoms with Gasteiger partial charge in [-0.05, 0) is 36.4 Å². The van der Waals surface area contributed by atoms with Crippen LogP contribution < -0.4 is 9.30 Å². The minimum absolute atomic E-state index is 0.873. The summed E-state index contributed by atoms with van der Waals surface area (Å²) in [7, 11) is 3.75. The normalized spacial score (nSPS) is 10.8. The third kappa shape index (κ3) is 1.64. The Morgan fingerprint density at radius 3 is 2.39 bits per heavy atom. The molecular formula is C15H15N2O+. The van der Waals surface area contributed by atoms with Crippen LogP contribution in [0.3, 0.4) is 0 Å². The Morgan fingerprint density at radius 1 is 1.00 bits per heavy atom. The minimum atomic E-state index is 0.873. The molecule has 0 radical (unpaired) electrons. The maximum atomic E-state index is 5.18. The molecule has 18 heavy (non-hydrogen) atoms. The number of nitrogens with zero attached hydrogens (tertiary/aromatic N) is 1. The first-order chi connectivity index (χ1) is 8.79. The van der Waals surface area contributed by atoms with E-state index in [4.69, 9.17) is 4.74 Å². The minimum Gasteiger partial charge on any atom is -0.497 e. The Kier molecular flexibility index (Phi) is 2.52. The molecule has 0 aliphatic heterocycles. The van der Waals surface area contributed by atoms with Crippen molar-refractivity contribution in [2.45, 2.75) is 0 Å². The van der Waals surface area contributed by atoms with Gasteiger partial charge in [0, 0.05) is 0 Å². The van der Waals surface area contributed by atoms with Crippen LogP contribution in [0.15, 0.2) is 48.5 Å². The Morgan fingerprint density at radius 2 is 1.72 bits per heavy atom. The molecule has 0 bridgehead atoms. The highest BCUT2D eigenvalue weighted by Gasteiger charge is 2.16. The van der Waals surface area contributed by atoms with E-state index in [9.17, 15) is 0 Å². The number of ether oxygens (including phenoxy) is 1. The summed E-state index contributed by atoms with van der Waals surface area (Å²) < 4.78 is 7.34. The second-order valence-corrected chi connectivity index (χ2v) is 4.28. The SMILES string of the molecule is COc1ccc(-c2[nH]c3ccccc3[n+]2C)cc1. The molecule has 0 aliphatic carbocycles. The molecule has 3 heteroatoms. The molecule has 1 aromatic heterocycles. The number of methoxy groups -OCH3 is 1. The van der Waals surface area contributed by atoms with Crippen LogP contribution in [-0.4, -0.2) is 12.1 Å². The molecule has 3 nitrogen and oxygen atoms in total. The van der Waals surface area contributed by atoms with Gasteiger partial charge in [-0.3, -0.25) is 0 Å². The van der Waals surface area contributed by atoms with Crippen LogP contribution in [0.25, 0.3) is 22.4 Å². The maximum absolute atomic E-state index is 5.18. The van der Waals surface area contributed by atoms with E-state index in [-0.39, 0.29) is 0 Å². The van der Waals surface area contributed by atoms with Crippen molar-refractivity contribution in [3.8, 4) is 17.1 Å². The summed E-state index contributed by atoms with van der Waals surface area (Å²) in [4.78, 5) is 3.44. The van der Waals surface area contributed by atoms with Gasteiger partial charge in [0.1, 0.15) is 5.75 Å². The molecular weight excluding hydrogens is 224 g/mol. The molecule has 3 rings (SSSR count). The predicted molar refractivity (Wildman–Crippen MR) is 71.5 cm³/mol. The van der Waals surface area contributed by atoms with E-state index in [1.54, 1.807) is 7.11 Å². The molecule has 90 valence electrons. The maximum Gasteiger partial charge on any atom is 0.287 e. The van der Waals surface area contributed by atoms with Crippen molar-refractivity contribution in [2.24, 2.45) is 7.05 Å². The number of H-pyrrole nitrogens is 1. The van der Waals surface area contributed by atoms with Gasteiger partial charge in [0.05, 0.1) is 19.7 Å². The van der Waals surface area contributed by atoms with Gasteiger partial charge in [-0.25, -0.2) is 9.55 Å². The topological polar surface area (TPSA) is 28.9 Å². The van der Waals surface area contributed by atoms with Crippen LogP contribution in [0.5, 0.6) is 5.75 Å². The van der Waals surface area contributed by atoms with Gasteiger partial charge in [0.15, 0.2) is 11.0 Å². The molecule has 2 aromatic carbocycles. The second-order valence-electron chi connectivity index (χ2n) is 4.28. The smallest absolute Gasteiger partial charge is 0.287 e. The summed E-state index contributed by atoms with van der Waals surface area (Å²) >= 11 is 0. The highest BCUT2D eigenvalue weighted by molar-refractivity contribution is 5.74. The van der Waals surface area contributed by atoms with E-state index in [2.05, 4.69) is 40.9 Å². The van der Waals surface area contributed by atoms with Gasteiger partial charge in [0.2, 0.25) is 0 Å². The van der Waals surface area contributed by atoms with Crippen molar-refractivity contribution >= 4 is 11.0 Å². The van der Waals surface area contributed by atoms with Crippen LogP contribution in [0.1, 0.15) is 0 Å². The number of benzene rings is 2. The van der Waals surface area contributed by atoms with Crippen molar-refractivity contribution < 1.29 is 9.30 Å². The summed E-state index contributed by atoms with van der Waals surface area (Å²) in [5.74, 6) is 1.97. The Hall–Kier alpha value is -2.29. The molecule has 0 saturated carbocycles. The second kappa shape index (κ2) is 4.18. The van der Waals surface area contributed by atoms with E-state index in [0.717, 1.165) is 22.7 Å². The Balaban J connectivity index is 2.15. The standard InChI is InChI=1S/C15H14N2O/c1-17-14-6-4-3-5-13(14)16-15(17)11-7-9-12(18-2)10-8-11/h3-10H,1-2H3/p+1. The summed E-state index contributed by atoms with van der Waals surface area (Å²) in [6.45, 7) is 0. The van der Waals surface area contributed by atoms with Gasteiger partial charge in [-0.1, -0.05) is 12.1 Å². The van der Waals surface area contributed by atoms with Gasteiger partial charge in [-0.15, -0.1) is 0 Å². The third-order valence-electron chi connectivity index (χ3n) is 3.22. The number of aromatic amines is 1. The number of hydrogen-bond donors (Lipinski definition) is 1. The molecule has 0 saturated heterocycles. The first-order valence-corrected chi connectivity index (χ1v) is 5.91. The average molecular weight is 239 g/mol. The van der Waals surface area contributed by atoms with Crippen LogP contribution >= 0.6 is 0 Å². The monoisotopic (exact) mass is 239 g/mol. The summed E-state index contributed by atoms with van der Waals surface area (Å²) in [5, 5.41) is 0. The number of para-hydroxylation sites is 2. The summed E-state index contributed by atoms with van der Waals surface area (Å²) in [6.07, 6.45) is 0. The number of fused-ring (bicyclic) bond motifs is 1. The number of hydrogen-bond acceptors (Lipinski definition) is 1. The van der Waals surface area contributed by atoms with Crippen molar-refractivity contribution in [3.63, 3.8) is 0 Å². The van der Waals surface area contributed by atoms with E-state index in [1.807, 2.05) is 24.3 Å². The number of rotatable bonds is 2. The number of imidazole rings is 1. The fraction of sp³-hybridized carbons (Fsp3) is 0.133. The van der Waals surface area contributed by atoms with Gasteiger partial charge < -0.3 is 4.74 Å². The van der Waals surface area contributed by atoms with E-state index < -0.39 is 0 Å². The van der Waals surface area contributed by atoms with Crippen LogP contribution in [0.4, 0.5) is 0 Å². The zero-order chi connectivity index (χ0) is 12.5. The van der Waals surface area contributed by atoms with Gasteiger partial charge in [-0.2, -0.15) is 0 Å². The number of aryl methyl sites for hydroxylation is 1. The third-order valence-corrected chi connectivity index (χ3v) is 3.22. The fourth-order valence-corrected chi connectivity index (χ4v) is 2.22. The summed E-state index contributed by atoms with van der Waals surface area (Å²) in [5.41, 5.74) is 3.49. The molecule has 3 aromatic rings. The lowest BCUT2D eigenvalue weighted by atomic mass is 10.2. The Bertz CT molecular complexity index is 683. The van der Waals surface area contributed by atoms with Gasteiger partial charge >= 0.3 is 0 Å². The van der Waals surface area contributed by atoms with Crippen LogP contribution in [-0.2, 0) is 7.05 Å².